The number of ether oxygens (including phenoxy) is 1. The average molecular weight is 282 g/mol. The Balaban J connectivity index is 2.51. The van der Waals surface area contributed by atoms with Crippen LogP contribution >= 0.6 is 0 Å². The molecule has 3 amide bonds. The number of nitrogens with one attached hydrogen (secondary N) is 2. The van der Waals surface area contributed by atoms with E-state index in [0.29, 0.717) is 5.75 Å². The van der Waals surface area contributed by atoms with E-state index in [1.165, 1.54) is 31.2 Å². The van der Waals surface area contributed by atoms with Crippen LogP contribution < -0.4 is 15.4 Å². The molecule has 2 N–H and O–H groups in total. The zero-order valence-corrected chi connectivity index (χ0v) is 12.0. The van der Waals surface area contributed by atoms with Crippen molar-refractivity contribution in [1.29, 1.82) is 0 Å². The van der Waals surface area contributed by atoms with Crippen molar-refractivity contribution < 1.29 is 18.7 Å². The summed E-state index contributed by atoms with van der Waals surface area (Å²) in [7, 11) is 0. The van der Waals surface area contributed by atoms with E-state index in [1.54, 1.807) is 20.8 Å². The maximum absolute atomic E-state index is 12.7. The molecule has 0 aliphatic heterocycles. The minimum Gasteiger partial charge on any atom is -0.481 e. The SMILES string of the molecule is CC(Oc1ccc(F)cc1)C(=O)NC(=O)NC(C)(C)C. The molecular weight excluding hydrogens is 263 g/mol. The number of amides is 3. The Labute approximate surface area is 117 Å². The third-order valence-electron chi connectivity index (χ3n) is 2.22. The Hall–Kier alpha value is -2.11. The second-order valence-corrected chi connectivity index (χ2v) is 5.41. The summed E-state index contributed by atoms with van der Waals surface area (Å²) in [4.78, 5) is 23.3. The zero-order valence-electron chi connectivity index (χ0n) is 12.0. The molecule has 0 saturated carbocycles. The molecule has 1 atom stereocenters. The summed E-state index contributed by atoms with van der Waals surface area (Å²) in [5.74, 6) is -0.611. The summed E-state index contributed by atoms with van der Waals surface area (Å²) < 4.78 is 18.0. The normalized spacial score (nSPS) is 12.4. The lowest BCUT2D eigenvalue weighted by atomic mass is 10.1. The first-order valence-corrected chi connectivity index (χ1v) is 6.22. The van der Waals surface area contributed by atoms with Crippen LogP contribution in [0.25, 0.3) is 0 Å². The van der Waals surface area contributed by atoms with Gasteiger partial charge >= 0.3 is 6.03 Å². The molecule has 1 aromatic carbocycles. The Bertz CT molecular complexity index is 480. The van der Waals surface area contributed by atoms with Crippen LogP contribution in [0.4, 0.5) is 9.18 Å². The summed E-state index contributed by atoms with van der Waals surface area (Å²) in [5.41, 5.74) is -0.439. The van der Waals surface area contributed by atoms with Gasteiger partial charge in [0.15, 0.2) is 6.10 Å². The van der Waals surface area contributed by atoms with E-state index < -0.39 is 23.6 Å². The summed E-state index contributed by atoms with van der Waals surface area (Å²) in [6, 6.07) is 4.69. The maximum Gasteiger partial charge on any atom is 0.321 e. The number of hydrogen-bond acceptors (Lipinski definition) is 3. The monoisotopic (exact) mass is 282 g/mol. The topological polar surface area (TPSA) is 67.4 Å². The van der Waals surface area contributed by atoms with Gasteiger partial charge in [0.05, 0.1) is 0 Å². The van der Waals surface area contributed by atoms with Gasteiger partial charge < -0.3 is 10.1 Å². The summed E-state index contributed by atoms with van der Waals surface area (Å²) in [6.45, 7) is 6.91. The number of urea groups is 1. The smallest absolute Gasteiger partial charge is 0.321 e. The molecule has 20 heavy (non-hydrogen) atoms. The fourth-order valence-electron chi connectivity index (χ4n) is 1.36. The highest BCUT2D eigenvalue weighted by Crippen LogP contribution is 2.13. The van der Waals surface area contributed by atoms with Gasteiger partial charge in [-0.2, -0.15) is 0 Å². The van der Waals surface area contributed by atoms with E-state index >= 15 is 0 Å². The Morgan fingerprint density at radius 1 is 1.20 bits per heavy atom. The summed E-state index contributed by atoms with van der Waals surface area (Å²) >= 11 is 0. The molecule has 0 bridgehead atoms. The third kappa shape index (κ3) is 5.69. The minimum absolute atomic E-state index is 0.352. The molecule has 0 spiro atoms. The number of rotatable bonds is 3. The average Bonchev–Trinajstić information content (AvgIpc) is 2.29. The number of halogens is 1. The van der Waals surface area contributed by atoms with Gasteiger partial charge in [0.2, 0.25) is 0 Å². The van der Waals surface area contributed by atoms with Crippen molar-refractivity contribution in [2.45, 2.75) is 39.3 Å². The molecule has 0 saturated heterocycles. The second kappa shape index (κ2) is 6.36. The number of hydrogen-bond donors (Lipinski definition) is 2. The van der Waals surface area contributed by atoms with Crippen LogP contribution in [0.5, 0.6) is 5.75 Å². The number of imide groups is 1. The van der Waals surface area contributed by atoms with Crippen LogP contribution in [0.15, 0.2) is 24.3 Å². The number of carbonyl (C=O) groups is 2. The molecule has 1 aromatic rings. The second-order valence-electron chi connectivity index (χ2n) is 5.41. The summed E-state index contributed by atoms with van der Waals surface area (Å²) in [6.07, 6.45) is -0.869. The van der Waals surface area contributed by atoms with Gasteiger partial charge in [-0.1, -0.05) is 0 Å². The van der Waals surface area contributed by atoms with E-state index in [1.807, 2.05) is 0 Å². The van der Waals surface area contributed by atoms with Gasteiger partial charge in [0, 0.05) is 5.54 Å². The molecule has 0 radical (unpaired) electrons. The molecule has 0 fully saturated rings. The van der Waals surface area contributed by atoms with Gasteiger partial charge in [-0.15, -0.1) is 0 Å². The van der Waals surface area contributed by atoms with Crippen LogP contribution in [-0.4, -0.2) is 23.6 Å². The number of carbonyl (C=O) groups excluding carboxylic acids is 2. The third-order valence-corrected chi connectivity index (χ3v) is 2.22. The van der Waals surface area contributed by atoms with Crippen LogP contribution in [0.2, 0.25) is 0 Å². The largest absolute Gasteiger partial charge is 0.481 e. The molecule has 1 unspecified atom stereocenters. The quantitative estimate of drug-likeness (QED) is 0.893. The fraction of sp³-hybridized carbons (Fsp3) is 0.429. The first-order chi connectivity index (χ1) is 9.17. The minimum atomic E-state index is -0.869. The molecule has 0 heterocycles. The Morgan fingerprint density at radius 3 is 2.25 bits per heavy atom. The van der Waals surface area contributed by atoms with Crippen molar-refractivity contribution >= 4 is 11.9 Å². The molecule has 1 rings (SSSR count). The van der Waals surface area contributed by atoms with Gasteiger partial charge in [-0.25, -0.2) is 9.18 Å². The van der Waals surface area contributed by atoms with Crippen LogP contribution in [0.1, 0.15) is 27.7 Å². The lowest BCUT2D eigenvalue weighted by Crippen LogP contribution is -2.50. The molecule has 0 aliphatic carbocycles. The molecule has 5 nitrogen and oxygen atoms in total. The van der Waals surface area contributed by atoms with Gasteiger partial charge in [-0.3, -0.25) is 10.1 Å². The zero-order chi connectivity index (χ0) is 15.3. The van der Waals surface area contributed by atoms with Gasteiger partial charge in [0.25, 0.3) is 5.91 Å². The predicted molar refractivity (Wildman–Crippen MR) is 72.9 cm³/mol. The molecule has 0 aliphatic rings. The predicted octanol–water partition coefficient (Wildman–Crippen LogP) is 2.22. The van der Waals surface area contributed by atoms with Crippen molar-refractivity contribution in [1.82, 2.24) is 10.6 Å². The standard InChI is InChI=1S/C14H19FN2O3/c1-9(20-11-7-5-10(15)6-8-11)12(18)16-13(19)17-14(2,3)4/h5-9H,1-4H3,(H2,16,17,18,19). The highest BCUT2D eigenvalue weighted by molar-refractivity contribution is 5.96. The maximum atomic E-state index is 12.7. The van der Waals surface area contributed by atoms with Gasteiger partial charge in [0.1, 0.15) is 11.6 Å². The molecule has 0 aromatic heterocycles. The molecule has 6 heteroatoms. The summed E-state index contributed by atoms with van der Waals surface area (Å²) in [5, 5.41) is 4.78. The molecular formula is C14H19FN2O3. The Morgan fingerprint density at radius 2 is 1.75 bits per heavy atom. The number of benzene rings is 1. The van der Waals surface area contributed by atoms with E-state index in [4.69, 9.17) is 4.74 Å². The van der Waals surface area contributed by atoms with Crippen molar-refractivity contribution in [3.8, 4) is 5.75 Å². The van der Waals surface area contributed by atoms with Crippen LogP contribution in [0.3, 0.4) is 0 Å². The van der Waals surface area contributed by atoms with Crippen LogP contribution in [-0.2, 0) is 4.79 Å². The van der Waals surface area contributed by atoms with E-state index in [-0.39, 0.29) is 5.82 Å². The molecule has 110 valence electrons. The van der Waals surface area contributed by atoms with Gasteiger partial charge in [-0.05, 0) is 52.0 Å². The van der Waals surface area contributed by atoms with Crippen molar-refractivity contribution in [3.05, 3.63) is 30.1 Å². The van der Waals surface area contributed by atoms with Crippen LogP contribution in [0, 0.1) is 5.82 Å². The van der Waals surface area contributed by atoms with Crippen molar-refractivity contribution in [2.24, 2.45) is 0 Å². The van der Waals surface area contributed by atoms with E-state index in [0.717, 1.165) is 0 Å². The lowest BCUT2D eigenvalue weighted by molar-refractivity contribution is -0.126. The van der Waals surface area contributed by atoms with E-state index in [9.17, 15) is 14.0 Å². The first-order valence-electron chi connectivity index (χ1n) is 6.22. The highest BCUT2D eigenvalue weighted by atomic mass is 19.1. The lowest BCUT2D eigenvalue weighted by Gasteiger charge is -2.21. The first kappa shape index (κ1) is 15.9. The van der Waals surface area contributed by atoms with Crippen molar-refractivity contribution in [2.75, 3.05) is 0 Å². The van der Waals surface area contributed by atoms with E-state index in [2.05, 4.69) is 10.6 Å². The van der Waals surface area contributed by atoms with Crippen molar-refractivity contribution in [3.63, 3.8) is 0 Å². The fourth-order valence-corrected chi connectivity index (χ4v) is 1.36. The highest BCUT2D eigenvalue weighted by Gasteiger charge is 2.20. The Kier molecular flexibility index (Phi) is 5.07.